The van der Waals surface area contributed by atoms with Gasteiger partial charge in [0.1, 0.15) is 6.10 Å². The first kappa shape index (κ1) is 74.5. The van der Waals surface area contributed by atoms with Gasteiger partial charge in [0, 0.05) is 64.0 Å². The van der Waals surface area contributed by atoms with Crippen LogP contribution in [0.4, 0.5) is 0 Å². The van der Waals surface area contributed by atoms with E-state index in [0.717, 1.165) is 155 Å². The average molecular weight is 1110 g/mol. The van der Waals surface area contributed by atoms with E-state index in [4.69, 9.17) is 19.7 Å². The minimum Gasteiger partial charge on any atom is -0.481 e. The van der Waals surface area contributed by atoms with Crippen LogP contribution in [0.1, 0.15) is 297 Å². The predicted molar refractivity (Wildman–Crippen MR) is 320 cm³/mol. The third-order valence-electron chi connectivity index (χ3n) is 14.8. The van der Waals surface area contributed by atoms with Gasteiger partial charge >= 0.3 is 23.9 Å². The highest BCUT2D eigenvalue weighted by Crippen LogP contribution is 2.19. The van der Waals surface area contributed by atoms with E-state index >= 15 is 0 Å². The molecule has 0 atom stereocenters. The minimum absolute atomic E-state index is 0.0408. The van der Waals surface area contributed by atoms with E-state index in [1.54, 1.807) is 0 Å². The molecule has 0 saturated carbocycles. The number of amides is 2. The second-order valence-corrected chi connectivity index (χ2v) is 22.3. The molecule has 0 radical (unpaired) electrons. The van der Waals surface area contributed by atoms with Gasteiger partial charge in [-0.15, -0.1) is 0 Å². The molecule has 4 N–H and O–H groups in total. The number of nitrogens with zero attached hydrogens (tertiary/aromatic N) is 2. The fourth-order valence-electron chi connectivity index (χ4n) is 9.94. The molecule has 0 aromatic rings. The first-order valence-electron chi connectivity index (χ1n) is 32.5. The van der Waals surface area contributed by atoms with Gasteiger partial charge < -0.3 is 40.1 Å². The maximum Gasteiger partial charge on any atom is 0.306 e. The van der Waals surface area contributed by atoms with Crippen LogP contribution in [-0.4, -0.2) is 121 Å². The summed E-state index contributed by atoms with van der Waals surface area (Å²) in [6.07, 6.45) is 46.3. The van der Waals surface area contributed by atoms with Crippen molar-refractivity contribution in [2.75, 3.05) is 59.0 Å². The zero-order valence-corrected chi connectivity index (χ0v) is 50.6. The summed E-state index contributed by atoms with van der Waals surface area (Å²) >= 11 is 0. The third-order valence-corrected chi connectivity index (χ3v) is 14.8. The smallest absolute Gasteiger partial charge is 0.306 e. The van der Waals surface area contributed by atoms with Gasteiger partial charge in [-0.2, -0.15) is 0 Å². The molecule has 0 rings (SSSR count). The van der Waals surface area contributed by atoms with E-state index in [-0.39, 0.29) is 42.7 Å². The zero-order chi connectivity index (χ0) is 57.2. The fourth-order valence-corrected chi connectivity index (χ4v) is 9.94. The highest BCUT2D eigenvalue weighted by Gasteiger charge is 2.15. The van der Waals surface area contributed by atoms with E-state index in [1.807, 2.05) is 0 Å². The molecule has 0 aliphatic rings. The molecule has 456 valence electrons. The summed E-state index contributed by atoms with van der Waals surface area (Å²) in [6, 6.07) is 0. The molecule has 0 fully saturated rings. The molecule has 0 aromatic carbocycles. The first-order valence-corrected chi connectivity index (χ1v) is 32.5. The summed E-state index contributed by atoms with van der Waals surface area (Å²) in [4.78, 5) is 77.3. The normalized spacial score (nSPS) is 11.6. The van der Waals surface area contributed by atoms with Gasteiger partial charge in [0.25, 0.3) is 0 Å². The van der Waals surface area contributed by atoms with Crippen molar-refractivity contribution in [3.8, 4) is 0 Å². The summed E-state index contributed by atoms with van der Waals surface area (Å²) in [5.41, 5.74) is 0. The molecule has 0 saturated heterocycles. The lowest BCUT2D eigenvalue weighted by molar-refractivity contribution is -0.150. The lowest BCUT2D eigenvalue weighted by Gasteiger charge is -2.22. The van der Waals surface area contributed by atoms with Gasteiger partial charge in [0.2, 0.25) is 11.8 Å². The molecule has 0 bridgehead atoms. The Morgan fingerprint density at radius 2 is 0.679 bits per heavy atom. The van der Waals surface area contributed by atoms with Crippen molar-refractivity contribution in [3.63, 3.8) is 0 Å². The Morgan fingerprint density at radius 1 is 0.372 bits per heavy atom. The minimum atomic E-state index is -0.787. The second-order valence-electron chi connectivity index (χ2n) is 22.3. The Kier molecular flexibility index (Phi) is 55.5. The number of esters is 2. The van der Waals surface area contributed by atoms with E-state index in [1.165, 1.54) is 121 Å². The van der Waals surface area contributed by atoms with Gasteiger partial charge in [0.05, 0.1) is 6.61 Å². The Bertz CT molecular complexity index is 1450. The van der Waals surface area contributed by atoms with Crippen molar-refractivity contribution < 1.29 is 48.5 Å². The van der Waals surface area contributed by atoms with Crippen LogP contribution in [0.2, 0.25) is 0 Å². The fraction of sp³-hybridized carbons (Fsp3) is 0.875. The van der Waals surface area contributed by atoms with Crippen LogP contribution in [0.25, 0.3) is 0 Å². The van der Waals surface area contributed by atoms with Crippen molar-refractivity contribution in [3.05, 3.63) is 12.2 Å². The molecule has 0 aliphatic carbocycles. The highest BCUT2D eigenvalue weighted by atomic mass is 16.5. The van der Waals surface area contributed by atoms with E-state index in [9.17, 15) is 28.8 Å². The molecule has 2 amide bonds. The van der Waals surface area contributed by atoms with Gasteiger partial charge in [-0.3, -0.25) is 28.8 Å². The highest BCUT2D eigenvalue weighted by molar-refractivity contribution is 5.96. The van der Waals surface area contributed by atoms with Crippen molar-refractivity contribution in [2.24, 2.45) is 0 Å². The molecule has 0 aliphatic heterocycles. The number of carbonyl (C=O) groups is 6. The summed E-state index contributed by atoms with van der Waals surface area (Å²) in [5, 5.41) is 23.7. The Balaban J connectivity index is 5.02. The predicted octanol–water partition coefficient (Wildman–Crippen LogP) is 14.8. The Morgan fingerprint density at radius 3 is 1.06 bits per heavy atom. The van der Waals surface area contributed by atoms with Gasteiger partial charge in [-0.1, -0.05) is 188 Å². The Labute approximate surface area is 476 Å². The largest absolute Gasteiger partial charge is 0.481 e. The number of ether oxygens (including phenoxy) is 2. The van der Waals surface area contributed by atoms with Crippen LogP contribution in [0.3, 0.4) is 0 Å². The molecular formula is C64H120N4O10. The van der Waals surface area contributed by atoms with Crippen LogP contribution < -0.4 is 10.6 Å². The van der Waals surface area contributed by atoms with Crippen LogP contribution in [-0.2, 0) is 38.2 Å². The van der Waals surface area contributed by atoms with Crippen molar-refractivity contribution in [1.29, 1.82) is 0 Å². The van der Waals surface area contributed by atoms with Crippen molar-refractivity contribution >= 4 is 35.7 Å². The number of rotatable bonds is 61. The van der Waals surface area contributed by atoms with E-state index < -0.39 is 11.9 Å². The standard InChI is InChI=1S/C64H120N4O10/c1-4-7-10-13-16-17-18-27-40-57-77-63(75)45-35-29-39-54-68(52-37-26-20-24-34-46-64(76)78-58(41-30-21-14-11-8-5-2)42-31-22-15-12-9-6-3)56-50-66-60(70)48-47-59(69)65-49-55-67(53-38-28-33-44-62(73)74)51-36-25-19-23-32-43-61(71)72/h47-48,58H,4-46,49-57H2,1-3H3,(H,65,69)(H,66,70)(H,71,72)(H,73,74)/b48-47+. The zero-order valence-electron chi connectivity index (χ0n) is 50.6. The topological polar surface area (TPSA) is 192 Å². The quantitative estimate of drug-likeness (QED) is 0.0256. The summed E-state index contributed by atoms with van der Waals surface area (Å²) in [7, 11) is 0. The summed E-state index contributed by atoms with van der Waals surface area (Å²) < 4.78 is 11.6. The maximum absolute atomic E-state index is 13.0. The van der Waals surface area contributed by atoms with E-state index in [2.05, 4.69) is 41.2 Å². The van der Waals surface area contributed by atoms with Gasteiger partial charge in [-0.25, -0.2) is 0 Å². The van der Waals surface area contributed by atoms with E-state index in [0.29, 0.717) is 58.5 Å². The maximum atomic E-state index is 13.0. The molecular weight excluding hydrogens is 985 g/mol. The van der Waals surface area contributed by atoms with Crippen molar-refractivity contribution in [1.82, 2.24) is 20.4 Å². The van der Waals surface area contributed by atoms with Crippen LogP contribution in [0.5, 0.6) is 0 Å². The van der Waals surface area contributed by atoms with Crippen LogP contribution in [0.15, 0.2) is 12.2 Å². The summed E-state index contributed by atoms with van der Waals surface area (Å²) in [6.45, 7) is 12.8. The monoisotopic (exact) mass is 1100 g/mol. The number of hydrogen-bond acceptors (Lipinski definition) is 10. The number of carboxylic acids is 2. The Hall–Kier alpha value is -3.52. The number of carbonyl (C=O) groups excluding carboxylic acids is 4. The molecule has 78 heavy (non-hydrogen) atoms. The second kappa shape index (κ2) is 58.1. The molecule has 0 unspecified atom stereocenters. The number of nitrogens with one attached hydrogen (secondary N) is 2. The van der Waals surface area contributed by atoms with Gasteiger partial charge in [-0.05, 0) is 110 Å². The summed E-state index contributed by atoms with van der Waals surface area (Å²) in [5.74, 6) is -2.37. The SMILES string of the molecule is CCCCCCCCCCCOC(=O)CCCCCN(CCCCCCCC(=O)OC(CCCCCCCC)CCCCCCCC)CCNC(=O)/C=C/C(=O)NCCN(CCCCCCCC(=O)O)CCCCCC(=O)O. The van der Waals surface area contributed by atoms with Gasteiger partial charge in [0.15, 0.2) is 0 Å². The van der Waals surface area contributed by atoms with Crippen LogP contribution in [0, 0.1) is 0 Å². The number of carboxylic acid groups (broad SMARTS) is 2. The number of unbranched alkanes of at least 4 members (excludes halogenated alkanes) is 30. The average Bonchev–Trinajstić information content (AvgIpc) is 3.41. The lowest BCUT2D eigenvalue weighted by atomic mass is 10.0. The first-order chi connectivity index (χ1) is 38.0. The number of aliphatic carboxylic acids is 2. The molecule has 0 heterocycles. The lowest BCUT2D eigenvalue weighted by Crippen LogP contribution is -2.36. The molecule has 14 nitrogen and oxygen atoms in total. The third kappa shape index (κ3) is 55.8. The molecule has 0 spiro atoms. The van der Waals surface area contributed by atoms with Crippen LogP contribution >= 0.6 is 0 Å². The van der Waals surface area contributed by atoms with Crippen molar-refractivity contribution in [2.45, 2.75) is 303 Å². The molecule has 14 heteroatoms. The molecule has 0 aromatic heterocycles. The number of hydrogen-bond donors (Lipinski definition) is 4.